The van der Waals surface area contributed by atoms with Crippen molar-refractivity contribution in [3.05, 3.63) is 71.4 Å². The van der Waals surface area contributed by atoms with E-state index in [0.29, 0.717) is 22.8 Å². The summed E-state index contributed by atoms with van der Waals surface area (Å²) in [5, 5.41) is 3.05. The van der Waals surface area contributed by atoms with Gasteiger partial charge in [0.1, 0.15) is 11.3 Å². The minimum atomic E-state index is -0.850. The number of esters is 1. The second kappa shape index (κ2) is 7.33. The fraction of sp³-hybridized carbons (Fsp3) is 0.130. The topological polar surface area (TPSA) is 102 Å². The van der Waals surface area contributed by atoms with Crippen molar-refractivity contribution in [3.8, 4) is 11.5 Å². The zero-order valence-electron chi connectivity index (χ0n) is 16.8. The highest BCUT2D eigenvalue weighted by Gasteiger charge is 2.36. The number of nitrogens with one attached hydrogen (secondary N) is 3. The number of ether oxygens (including phenoxy) is 3. The van der Waals surface area contributed by atoms with Crippen LogP contribution in [0.25, 0.3) is 21.7 Å². The maximum absolute atomic E-state index is 12.7. The molecule has 2 heterocycles. The zero-order chi connectivity index (χ0) is 21.5. The Kier molecular flexibility index (Phi) is 4.48. The number of methoxy groups -OCH3 is 2. The van der Waals surface area contributed by atoms with Crippen molar-refractivity contribution in [2.24, 2.45) is 0 Å². The summed E-state index contributed by atoms with van der Waals surface area (Å²) in [6, 6.07) is 17.1. The predicted octanol–water partition coefficient (Wildman–Crippen LogP) is 3.44. The quantitative estimate of drug-likeness (QED) is 0.340. The van der Waals surface area contributed by atoms with E-state index in [1.54, 1.807) is 18.2 Å². The molecule has 4 aromatic rings. The van der Waals surface area contributed by atoms with E-state index in [-0.39, 0.29) is 11.5 Å². The Balaban J connectivity index is 1.38. The lowest BCUT2D eigenvalue weighted by Gasteiger charge is -2.14. The summed E-state index contributed by atoms with van der Waals surface area (Å²) in [4.78, 5) is 28.3. The predicted molar refractivity (Wildman–Crippen MR) is 114 cm³/mol. The van der Waals surface area contributed by atoms with E-state index < -0.39 is 12.2 Å². The first-order valence-corrected chi connectivity index (χ1v) is 9.63. The molecule has 1 amide bonds. The number of aromatic amines is 1. The number of carbonyl (C=O) groups excluding carboxylic acids is 2. The second-order valence-electron chi connectivity index (χ2n) is 7.08. The van der Waals surface area contributed by atoms with E-state index >= 15 is 0 Å². The van der Waals surface area contributed by atoms with Crippen molar-refractivity contribution in [1.29, 1.82) is 0 Å². The largest absolute Gasteiger partial charge is 0.493 e. The summed E-state index contributed by atoms with van der Waals surface area (Å²) >= 11 is 0. The Bertz CT molecular complexity index is 1340. The van der Waals surface area contributed by atoms with Gasteiger partial charge >= 0.3 is 5.97 Å². The van der Waals surface area contributed by atoms with Crippen LogP contribution in [0.3, 0.4) is 0 Å². The summed E-state index contributed by atoms with van der Waals surface area (Å²) < 4.78 is 15.9. The van der Waals surface area contributed by atoms with Crippen LogP contribution in [-0.4, -0.2) is 31.1 Å². The smallest absolute Gasteiger partial charge is 0.344 e. The Morgan fingerprint density at radius 3 is 2.65 bits per heavy atom. The van der Waals surface area contributed by atoms with Crippen LogP contribution in [0.5, 0.6) is 11.5 Å². The number of aromatic nitrogens is 1. The molecule has 0 unspecified atom stereocenters. The maximum atomic E-state index is 12.7. The standard InChI is InChI=1S/C23H19N3O5/c1-29-17-10-9-15-18(20(17)30-2)23(28)31-22(15)26-25-21(27)16-11-13-8-7-12-5-3-4-6-14(12)19(13)24-16/h3-11,22,24,26H,1-2H3,(H,25,27)/t22-/m0/s1. The Hall–Kier alpha value is -4.04. The Labute approximate surface area is 177 Å². The molecule has 0 aliphatic carbocycles. The van der Waals surface area contributed by atoms with Crippen molar-refractivity contribution >= 4 is 33.6 Å². The fourth-order valence-electron chi connectivity index (χ4n) is 3.90. The average molecular weight is 417 g/mol. The van der Waals surface area contributed by atoms with Gasteiger partial charge in [-0.3, -0.25) is 10.2 Å². The molecule has 3 aromatic carbocycles. The number of hydrazine groups is 1. The number of benzene rings is 3. The molecule has 0 saturated heterocycles. The first kappa shape index (κ1) is 19.0. The third kappa shape index (κ3) is 3.04. The molecule has 156 valence electrons. The second-order valence-corrected chi connectivity index (χ2v) is 7.08. The van der Waals surface area contributed by atoms with E-state index in [4.69, 9.17) is 14.2 Å². The molecule has 0 bridgehead atoms. The van der Waals surface area contributed by atoms with Gasteiger partial charge in [0.15, 0.2) is 17.7 Å². The van der Waals surface area contributed by atoms with E-state index in [1.807, 2.05) is 36.4 Å². The summed E-state index contributed by atoms with van der Waals surface area (Å²) in [5.41, 5.74) is 7.47. The van der Waals surface area contributed by atoms with Crippen LogP contribution in [0, 0.1) is 0 Å². The number of amides is 1. The Morgan fingerprint density at radius 1 is 1.03 bits per heavy atom. The summed E-state index contributed by atoms with van der Waals surface area (Å²) in [5.74, 6) is -0.226. The van der Waals surface area contributed by atoms with Gasteiger partial charge in [-0.05, 0) is 23.6 Å². The molecule has 0 spiro atoms. The van der Waals surface area contributed by atoms with Gasteiger partial charge in [0, 0.05) is 16.3 Å². The van der Waals surface area contributed by atoms with Crippen LogP contribution < -0.4 is 20.3 Å². The molecule has 1 aromatic heterocycles. The molecule has 1 atom stereocenters. The van der Waals surface area contributed by atoms with Crippen LogP contribution >= 0.6 is 0 Å². The molecule has 0 fully saturated rings. The third-order valence-electron chi connectivity index (χ3n) is 5.37. The number of cyclic esters (lactones) is 1. The lowest BCUT2D eigenvalue weighted by Crippen LogP contribution is -2.40. The van der Waals surface area contributed by atoms with Crippen molar-refractivity contribution in [3.63, 3.8) is 0 Å². The lowest BCUT2D eigenvalue weighted by molar-refractivity contribution is 0.0259. The number of fused-ring (bicyclic) bond motifs is 4. The van der Waals surface area contributed by atoms with Gasteiger partial charge in [0.25, 0.3) is 5.91 Å². The fourth-order valence-corrected chi connectivity index (χ4v) is 3.90. The molecule has 0 radical (unpaired) electrons. The van der Waals surface area contributed by atoms with Gasteiger partial charge in [-0.1, -0.05) is 36.4 Å². The molecule has 31 heavy (non-hydrogen) atoms. The first-order chi connectivity index (χ1) is 15.1. The van der Waals surface area contributed by atoms with Crippen LogP contribution in [0.15, 0.2) is 54.6 Å². The summed E-state index contributed by atoms with van der Waals surface area (Å²) in [6.45, 7) is 0. The van der Waals surface area contributed by atoms with Crippen molar-refractivity contribution in [2.75, 3.05) is 14.2 Å². The lowest BCUT2D eigenvalue weighted by atomic mass is 10.1. The van der Waals surface area contributed by atoms with E-state index in [9.17, 15) is 9.59 Å². The van der Waals surface area contributed by atoms with Crippen LogP contribution in [0.2, 0.25) is 0 Å². The van der Waals surface area contributed by atoms with Gasteiger partial charge in [-0.15, -0.1) is 0 Å². The molecule has 0 saturated carbocycles. The number of hydrogen-bond acceptors (Lipinski definition) is 6. The van der Waals surface area contributed by atoms with Crippen LogP contribution in [0.1, 0.15) is 32.6 Å². The molecule has 8 nitrogen and oxygen atoms in total. The monoisotopic (exact) mass is 417 g/mol. The van der Waals surface area contributed by atoms with Crippen molar-refractivity contribution in [1.82, 2.24) is 15.8 Å². The van der Waals surface area contributed by atoms with Crippen molar-refractivity contribution < 1.29 is 23.8 Å². The normalized spacial score (nSPS) is 15.0. The highest BCUT2D eigenvalue weighted by molar-refractivity contribution is 6.08. The minimum absolute atomic E-state index is 0.269. The number of rotatable bonds is 5. The van der Waals surface area contributed by atoms with Crippen molar-refractivity contribution in [2.45, 2.75) is 6.23 Å². The first-order valence-electron chi connectivity index (χ1n) is 9.63. The van der Waals surface area contributed by atoms with E-state index in [1.165, 1.54) is 14.2 Å². The van der Waals surface area contributed by atoms with E-state index in [2.05, 4.69) is 15.8 Å². The van der Waals surface area contributed by atoms with Gasteiger partial charge in [0.05, 0.1) is 19.7 Å². The molecular weight excluding hydrogens is 398 g/mol. The number of hydrogen-bond donors (Lipinski definition) is 3. The molecule has 8 heteroatoms. The molecule has 3 N–H and O–H groups in total. The Morgan fingerprint density at radius 2 is 1.84 bits per heavy atom. The molecule has 5 rings (SSSR count). The maximum Gasteiger partial charge on any atom is 0.344 e. The highest BCUT2D eigenvalue weighted by Crippen LogP contribution is 2.40. The van der Waals surface area contributed by atoms with Gasteiger partial charge in [-0.25, -0.2) is 4.79 Å². The summed E-state index contributed by atoms with van der Waals surface area (Å²) in [7, 11) is 2.94. The van der Waals surface area contributed by atoms with Gasteiger partial charge in [-0.2, -0.15) is 5.43 Å². The molecular formula is C23H19N3O5. The summed E-state index contributed by atoms with van der Waals surface area (Å²) in [6.07, 6.45) is -0.850. The van der Waals surface area contributed by atoms with Crippen LogP contribution in [0.4, 0.5) is 0 Å². The van der Waals surface area contributed by atoms with Gasteiger partial charge in [0.2, 0.25) is 0 Å². The third-order valence-corrected chi connectivity index (χ3v) is 5.37. The average Bonchev–Trinajstić information content (AvgIpc) is 3.38. The molecule has 1 aliphatic heterocycles. The minimum Gasteiger partial charge on any atom is -0.493 e. The van der Waals surface area contributed by atoms with Crippen LogP contribution in [-0.2, 0) is 4.74 Å². The SMILES string of the molecule is COc1ccc2c(c1OC)C(=O)O[C@@H]2NNC(=O)c1cc2ccc3ccccc3c2[nH]1. The zero-order valence-corrected chi connectivity index (χ0v) is 16.8. The molecule has 1 aliphatic rings. The number of H-pyrrole nitrogens is 1. The van der Waals surface area contributed by atoms with Gasteiger partial charge < -0.3 is 19.2 Å². The number of carbonyl (C=O) groups is 2. The van der Waals surface area contributed by atoms with E-state index in [0.717, 1.165) is 21.7 Å². The highest BCUT2D eigenvalue weighted by atomic mass is 16.6.